The van der Waals surface area contributed by atoms with Crippen molar-refractivity contribution in [2.75, 3.05) is 34.4 Å². The highest BCUT2D eigenvalue weighted by molar-refractivity contribution is 6.46. The molecule has 3 aliphatic rings. The number of hydrogen-bond acceptors (Lipinski definition) is 10. The second-order valence-electron chi connectivity index (χ2n) is 8.98. The first kappa shape index (κ1) is 24.5. The second kappa shape index (κ2) is 9.78. The highest BCUT2D eigenvalue weighted by atomic mass is 16.7. The van der Waals surface area contributed by atoms with Gasteiger partial charge in [0, 0.05) is 36.6 Å². The van der Waals surface area contributed by atoms with Gasteiger partial charge in [-0.3, -0.25) is 9.59 Å². The van der Waals surface area contributed by atoms with Crippen LogP contribution in [0.5, 0.6) is 34.5 Å². The molecule has 1 fully saturated rings. The molecule has 3 aromatic rings. The molecule has 0 saturated carbocycles. The van der Waals surface area contributed by atoms with E-state index in [0.717, 1.165) is 0 Å². The minimum Gasteiger partial charge on any atom is -0.507 e. The first-order valence-electron chi connectivity index (χ1n) is 12.2. The molecule has 202 valence electrons. The SMILES string of the molecule is COc1cc(C2/C(=C(\O)c3ccc4c(c3)OCO4)C(=O)C(=O)N2CCCn2ccnc2)c(OC)c2c1OCO2. The van der Waals surface area contributed by atoms with Crippen molar-refractivity contribution in [3.05, 3.63) is 59.7 Å². The molecular weight excluding hydrogens is 510 g/mol. The van der Waals surface area contributed by atoms with Crippen LogP contribution in [0.3, 0.4) is 0 Å². The summed E-state index contributed by atoms with van der Waals surface area (Å²) in [5.74, 6) is 0.273. The average Bonchev–Trinajstić information content (AvgIpc) is 3.76. The zero-order valence-electron chi connectivity index (χ0n) is 21.2. The fourth-order valence-electron chi connectivity index (χ4n) is 5.07. The number of carbonyl (C=O) groups is 2. The van der Waals surface area contributed by atoms with Crippen molar-refractivity contribution in [1.29, 1.82) is 0 Å². The third-order valence-corrected chi connectivity index (χ3v) is 6.87. The molecule has 6 rings (SSSR count). The maximum Gasteiger partial charge on any atom is 0.295 e. The zero-order valence-corrected chi connectivity index (χ0v) is 21.2. The molecule has 4 heterocycles. The maximum absolute atomic E-state index is 13.5. The van der Waals surface area contributed by atoms with Crippen molar-refractivity contribution in [2.24, 2.45) is 0 Å². The van der Waals surface area contributed by atoms with Gasteiger partial charge in [0.15, 0.2) is 23.0 Å². The van der Waals surface area contributed by atoms with Crippen molar-refractivity contribution in [3.8, 4) is 34.5 Å². The van der Waals surface area contributed by atoms with Gasteiger partial charge in [0.25, 0.3) is 11.7 Å². The number of ether oxygens (including phenoxy) is 6. The van der Waals surface area contributed by atoms with Crippen molar-refractivity contribution in [1.82, 2.24) is 14.5 Å². The number of benzene rings is 2. The van der Waals surface area contributed by atoms with Gasteiger partial charge in [-0.1, -0.05) is 0 Å². The fourth-order valence-corrected chi connectivity index (χ4v) is 5.07. The van der Waals surface area contributed by atoms with Crippen molar-refractivity contribution in [2.45, 2.75) is 19.0 Å². The molecule has 1 atom stereocenters. The summed E-state index contributed by atoms with van der Waals surface area (Å²) < 4.78 is 35.2. The summed E-state index contributed by atoms with van der Waals surface area (Å²) in [6, 6.07) is 5.44. The molecule has 39 heavy (non-hydrogen) atoms. The Morgan fingerprint density at radius 1 is 1.03 bits per heavy atom. The van der Waals surface area contributed by atoms with E-state index in [4.69, 9.17) is 28.4 Å². The number of aliphatic hydroxyl groups excluding tert-OH is 1. The average molecular weight is 536 g/mol. The highest BCUT2D eigenvalue weighted by Crippen LogP contribution is 2.54. The first-order valence-corrected chi connectivity index (χ1v) is 12.2. The summed E-state index contributed by atoms with van der Waals surface area (Å²) in [5, 5.41) is 11.5. The van der Waals surface area contributed by atoms with Gasteiger partial charge in [-0.15, -0.1) is 0 Å². The first-order chi connectivity index (χ1) is 19.0. The number of Topliss-reactive ketones (excluding diaryl/α,β-unsaturated/α-hetero) is 1. The number of likely N-dealkylation sites (tertiary alicyclic amines) is 1. The number of rotatable bonds is 8. The van der Waals surface area contributed by atoms with Crippen LogP contribution in [0.25, 0.3) is 5.76 Å². The van der Waals surface area contributed by atoms with E-state index in [2.05, 4.69) is 4.98 Å². The normalized spacial score (nSPS) is 18.6. The minimum absolute atomic E-state index is 0.0478. The lowest BCUT2D eigenvalue weighted by molar-refractivity contribution is -0.140. The molecule has 12 heteroatoms. The van der Waals surface area contributed by atoms with Gasteiger partial charge in [0.1, 0.15) is 5.76 Å². The Labute approximate surface area is 222 Å². The molecule has 2 aromatic carbocycles. The zero-order chi connectivity index (χ0) is 27.1. The number of methoxy groups -OCH3 is 2. The third-order valence-electron chi connectivity index (χ3n) is 6.87. The lowest BCUT2D eigenvalue weighted by Crippen LogP contribution is -2.31. The van der Waals surface area contributed by atoms with E-state index >= 15 is 0 Å². The van der Waals surface area contributed by atoms with Crippen LogP contribution in [0.15, 0.2) is 48.6 Å². The summed E-state index contributed by atoms with van der Waals surface area (Å²) in [4.78, 5) is 32.4. The molecule has 1 unspecified atom stereocenters. The predicted molar refractivity (Wildman–Crippen MR) is 134 cm³/mol. The summed E-state index contributed by atoms with van der Waals surface area (Å²) >= 11 is 0. The molecule has 12 nitrogen and oxygen atoms in total. The Kier molecular flexibility index (Phi) is 6.14. The molecule has 0 spiro atoms. The number of ketones is 1. The van der Waals surface area contributed by atoms with E-state index < -0.39 is 17.7 Å². The lowest BCUT2D eigenvalue weighted by Gasteiger charge is -2.27. The molecule has 0 radical (unpaired) electrons. The van der Waals surface area contributed by atoms with Gasteiger partial charge in [-0.05, 0) is 30.7 Å². The van der Waals surface area contributed by atoms with Crippen LogP contribution >= 0.6 is 0 Å². The number of carbonyl (C=O) groups excluding carboxylic acids is 2. The molecule has 3 aliphatic heterocycles. The van der Waals surface area contributed by atoms with E-state index in [0.29, 0.717) is 52.8 Å². The summed E-state index contributed by atoms with van der Waals surface area (Å²) in [5.41, 5.74) is 0.607. The van der Waals surface area contributed by atoms with Crippen LogP contribution in [0.4, 0.5) is 0 Å². The molecule has 1 amide bonds. The number of amides is 1. The Hall–Kier alpha value is -4.87. The van der Waals surface area contributed by atoms with Crippen molar-refractivity contribution < 1.29 is 43.1 Å². The Morgan fingerprint density at radius 2 is 1.82 bits per heavy atom. The van der Waals surface area contributed by atoms with Crippen LogP contribution < -0.4 is 28.4 Å². The predicted octanol–water partition coefficient (Wildman–Crippen LogP) is 2.87. The quantitative estimate of drug-likeness (QED) is 0.261. The van der Waals surface area contributed by atoms with E-state index in [9.17, 15) is 14.7 Å². The number of aromatic nitrogens is 2. The molecule has 0 bridgehead atoms. The summed E-state index contributed by atoms with van der Waals surface area (Å²) in [6.45, 7) is 0.785. The van der Waals surface area contributed by atoms with Gasteiger partial charge in [-0.25, -0.2) is 4.98 Å². The maximum atomic E-state index is 13.5. The standard InChI is InChI=1S/C27H25N3O9/c1-34-19-11-16(24(35-2)26-25(19)38-14-39-26)21-20(22(31)15-4-5-17-18(10-15)37-13-36-17)23(32)27(33)30(21)8-3-7-29-9-6-28-12-29/h4-6,9-12,21,31H,3,7-8,13-14H2,1-2H3/b22-20+. The summed E-state index contributed by atoms with van der Waals surface area (Å²) in [7, 11) is 2.93. The van der Waals surface area contributed by atoms with Gasteiger partial charge >= 0.3 is 0 Å². The number of hydrogen-bond donors (Lipinski definition) is 1. The number of nitrogens with zero attached hydrogens (tertiary/aromatic N) is 3. The van der Waals surface area contributed by atoms with Crippen LogP contribution in [-0.4, -0.2) is 65.6 Å². The number of imidazole rings is 1. The molecule has 0 aliphatic carbocycles. The monoisotopic (exact) mass is 535 g/mol. The van der Waals surface area contributed by atoms with E-state index in [1.807, 2.05) is 10.8 Å². The Balaban J connectivity index is 1.49. The van der Waals surface area contributed by atoms with Crippen molar-refractivity contribution in [3.63, 3.8) is 0 Å². The lowest BCUT2D eigenvalue weighted by atomic mass is 9.93. The third kappa shape index (κ3) is 4.04. The van der Waals surface area contributed by atoms with Crippen LogP contribution in [0.1, 0.15) is 23.6 Å². The molecule has 1 N–H and O–H groups in total. The van der Waals surface area contributed by atoms with Gasteiger partial charge < -0.3 is 43.0 Å². The van der Waals surface area contributed by atoms with Gasteiger partial charge in [0.05, 0.1) is 32.2 Å². The van der Waals surface area contributed by atoms with E-state index in [-0.39, 0.29) is 37.2 Å². The molecule has 1 saturated heterocycles. The fraction of sp³-hybridized carbons (Fsp3) is 0.296. The largest absolute Gasteiger partial charge is 0.507 e. The van der Waals surface area contributed by atoms with E-state index in [1.165, 1.54) is 19.1 Å². The van der Waals surface area contributed by atoms with Crippen molar-refractivity contribution >= 4 is 17.4 Å². The highest BCUT2D eigenvalue weighted by Gasteiger charge is 2.48. The smallest absolute Gasteiger partial charge is 0.295 e. The molecular formula is C27H25N3O9. The van der Waals surface area contributed by atoms with Gasteiger partial charge in [0.2, 0.25) is 25.1 Å². The topological polar surface area (TPSA) is 131 Å². The van der Waals surface area contributed by atoms with E-state index in [1.54, 1.807) is 36.8 Å². The number of fused-ring (bicyclic) bond motifs is 2. The van der Waals surface area contributed by atoms with Crippen LogP contribution in [0, 0.1) is 0 Å². The Morgan fingerprint density at radius 3 is 2.59 bits per heavy atom. The summed E-state index contributed by atoms with van der Waals surface area (Å²) in [6.07, 6.45) is 5.68. The second-order valence-corrected chi connectivity index (χ2v) is 8.98. The molecule has 1 aromatic heterocycles. The van der Waals surface area contributed by atoms with Gasteiger partial charge in [-0.2, -0.15) is 0 Å². The number of aliphatic hydroxyl groups is 1. The van der Waals surface area contributed by atoms with Crippen LogP contribution in [-0.2, 0) is 16.1 Å². The van der Waals surface area contributed by atoms with Crippen LogP contribution in [0.2, 0.25) is 0 Å². The number of aryl methyl sites for hydroxylation is 1. The Bertz CT molecular complexity index is 1480. The minimum atomic E-state index is -1.00.